The molecule has 1 unspecified atom stereocenters. The van der Waals surface area contributed by atoms with Crippen LogP contribution in [-0.4, -0.2) is 39.6 Å². The number of hydrogen-bond acceptors (Lipinski definition) is 1. The third-order valence-corrected chi connectivity index (χ3v) is 25.5. The number of aromatic nitrogens is 2. The van der Waals surface area contributed by atoms with E-state index < -0.39 is 11.0 Å². The quantitative estimate of drug-likeness (QED) is 0.0924. The van der Waals surface area contributed by atoms with Crippen molar-refractivity contribution in [1.82, 2.24) is 9.38 Å². The molecule has 0 spiro atoms. The van der Waals surface area contributed by atoms with Crippen molar-refractivity contribution in [2.45, 2.75) is 0 Å². The molecule has 2 nitrogen and oxygen atoms in total. The molecule has 0 fully saturated rings. The maximum atomic E-state index is 5.85. The van der Waals surface area contributed by atoms with Gasteiger partial charge in [0.05, 0.1) is 0 Å². The van der Waals surface area contributed by atoms with Crippen LogP contribution in [0.2, 0.25) is 0 Å². The van der Waals surface area contributed by atoms with Crippen LogP contribution < -0.4 is 31.8 Å². The minimum absolute atomic E-state index is 0.984. The van der Waals surface area contributed by atoms with E-state index in [2.05, 4.69) is 241 Å². The van der Waals surface area contributed by atoms with Crippen molar-refractivity contribution in [2.75, 3.05) is 0 Å². The first-order valence-electron chi connectivity index (χ1n) is 19.1. The van der Waals surface area contributed by atoms with Crippen LogP contribution >= 0.6 is 11.0 Å². The van der Waals surface area contributed by atoms with E-state index in [1.54, 1.807) is 0 Å². The average molecular weight is 895 g/mol. The molecule has 0 aliphatic heterocycles. The van der Waals surface area contributed by atoms with E-state index in [0.29, 0.717) is 0 Å². The summed E-state index contributed by atoms with van der Waals surface area (Å²) in [5, 5.41) is 16.4. The van der Waals surface area contributed by atoms with Gasteiger partial charge < -0.3 is 0 Å². The van der Waals surface area contributed by atoms with Gasteiger partial charge in [0, 0.05) is 0 Å². The fourth-order valence-electron chi connectivity index (χ4n) is 8.87. The normalized spacial score (nSPS) is 13.2. The third kappa shape index (κ3) is 5.34. The molecule has 0 saturated heterocycles. The second kappa shape index (κ2) is 13.8. The Labute approximate surface area is 346 Å². The second-order valence-corrected chi connectivity index (χ2v) is 26.9. The number of para-hydroxylation sites is 2. The Balaban J connectivity index is 1.27. The molecule has 0 radical (unpaired) electrons. The van der Waals surface area contributed by atoms with Gasteiger partial charge in [-0.05, 0) is 0 Å². The topological polar surface area (TPSA) is 17.3 Å². The van der Waals surface area contributed by atoms with E-state index in [9.17, 15) is 0 Å². The first kappa shape index (κ1) is 35.1. The predicted octanol–water partition coefficient (Wildman–Crippen LogP) is 9.86. The van der Waals surface area contributed by atoms with Crippen LogP contribution in [0, 0.1) is 0 Å². The van der Waals surface area contributed by atoms with Crippen molar-refractivity contribution in [3.63, 3.8) is 0 Å². The van der Waals surface area contributed by atoms with Gasteiger partial charge in [-0.1, -0.05) is 0 Å². The summed E-state index contributed by atoms with van der Waals surface area (Å²) in [6.45, 7) is 0. The van der Waals surface area contributed by atoms with Crippen LogP contribution in [0.25, 0.3) is 59.9 Å². The Morgan fingerprint density at radius 3 is 1.58 bits per heavy atom. The van der Waals surface area contributed by atoms with Crippen LogP contribution in [0.1, 0.15) is 0 Å². The molecule has 6 heteroatoms. The summed E-state index contributed by atoms with van der Waals surface area (Å²) in [6, 6.07) is 75.9. The zero-order valence-electron chi connectivity index (χ0n) is 30.7. The molecule has 57 heavy (non-hydrogen) atoms. The molecule has 270 valence electrons. The van der Waals surface area contributed by atoms with Crippen molar-refractivity contribution < 1.29 is 0 Å². The summed E-state index contributed by atoms with van der Waals surface area (Å²) in [5.74, 6) is 0. The Kier molecular flexibility index (Phi) is 8.47. The zero-order valence-corrected chi connectivity index (χ0v) is 36.0. The Morgan fingerprint density at radius 2 is 0.877 bits per heavy atom. The Bertz CT molecular complexity index is 3430. The number of imidazole rings is 1. The Hall–Kier alpha value is -5.13. The van der Waals surface area contributed by atoms with Gasteiger partial charge in [0.1, 0.15) is 0 Å². The average Bonchev–Trinajstić information content (AvgIpc) is 3.69. The van der Waals surface area contributed by atoms with Crippen LogP contribution in [-0.2, 0) is 0 Å². The van der Waals surface area contributed by atoms with E-state index >= 15 is 0 Å². The summed E-state index contributed by atoms with van der Waals surface area (Å²) >= 11 is 7.75. The molecule has 11 rings (SSSR count). The number of pyridine rings is 1. The molecule has 0 saturated carbocycles. The van der Waals surface area contributed by atoms with Gasteiger partial charge in [0.2, 0.25) is 0 Å². The molecule has 0 bridgehead atoms. The summed E-state index contributed by atoms with van der Waals surface area (Å²) in [6.07, 6.45) is 0. The molecular formula is C51H34N2P2Se2. The van der Waals surface area contributed by atoms with Crippen molar-refractivity contribution in [1.29, 1.82) is 0 Å². The number of nitrogens with zero attached hydrogens (tertiary/aromatic N) is 2. The molecule has 0 N–H and O–H groups in total. The summed E-state index contributed by atoms with van der Waals surface area (Å²) in [7, 11) is 0. The molecule has 1 atom stereocenters. The zero-order chi connectivity index (χ0) is 38.1. The monoisotopic (exact) mass is 896 g/mol. The molecular weight excluding hydrogens is 860 g/mol. The van der Waals surface area contributed by atoms with Gasteiger partial charge in [0.25, 0.3) is 0 Å². The number of hydrogen-bond donors (Lipinski definition) is 0. The number of benzene rings is 9. The summed E-state index contributed by atoms with van der Waals surface area (Å²) in [5.41, 5.74) is -0.328. The van der Waals surface area contributed by atoms with E-state index in [1.165, 1.54) is 69.5 Å². The van der Waals surface area contributed by atoms with Gasteiger partial charge in [-0.25, -0.2) is 0 Å². The van der Waals surface area contributed by atoms with Crippen molar-refractivity contribution >= 4 is 133 Å². The van der Waals surface area contributed by atoms with Crippen LogP contribution in [0.5, 0.6) is 0 Å². The fraction of sp³-hybridized carbons (Fsp3) is 0. The van der Waals surface area contributed by atoms with Gasteiger partial charge in [-0.2, -0.15) is 0 Å². The van der Waals surface area contributed by atoms with Crippen molar-refractivity contribution in [2.24, 2.45) is 0 Å². The first-order chi connectivity index (χ1) is 28.0. The number of fused-ring (bicyclic) bond motifs is 11. The van der Waals surface area contributed by atoms with Crippen LogP contribution in [0.4, 0.5) is 0 Å². The molecule has 0 aliphatic rings. The van der Waals surface area contributed by atoms with Gasteiger partial charge >= 0.3 is 349 Å². The van der Waals surface area contributed by atoms with Crippen LogP contribution in [0.3, 0.4) is 0 Å². The Morgan fingerprint density at radius 1 is 0.368 bits per heavy atom. The molecule has 0 aliphatic carbocycles. The second-order valence-electron chi connectivity index (χ2n) is 14.5. The van der Waals surface area contributed by atoms with E-state index in [0.717, 1.165) is 22.2 Å². The molecule has 2 heterocycles. The van der Waals surface area contributed by atoms with Gasteiger partial charge in [-0.3, -0.25) is 0 Å². The van der Waals surface area contributed by atoms with Gasteiger partial charge in [-0.15, -0.1) is 0 Å². The van der Waals surface area contributed by atoms with E-state index in [1.807, 2.05) is 0 Å². The summed E-state index contributed by atoms with van der Waals surface area (Å²) < 4.78 is 2.43. The van der Waals surface area contributed by atoms with E-state index in [4.69, 9.17) is 4.98 Å². The number of rotatable bonds is 6. The maximum absolute atomic E-state index is 5.85. The molecule has 2 aromatic heterocycles. The summed E-state index contributed by atoms with van der Waals surface area (Å²) in [4.78, 5) is 5.85. The van der Waals surface area contributed by atoms with Crippen molar-refractivity contribution in [3.05, 3.63) is 206 Å². The van der Waals surface area contributed by atoms with Gasteiger partial charge in [0.15, 0.2) is 0 Å². The van der Waals surface area contributed by atoms with Crippen molar-refractivity contribution in [3.8, 4) is 0 Å². The van der Waals surface area contributed by atoms with Crippen LogP contribution in [0.15, 0.2) is 206 Å². The standard InChI is InChI=1S/C51H34N2P2Se2/c56-54(37-17-4-1-5-18-37,38-19-6-2-7-20-38)47-28-14-25-44-43-24-12-13-26-45(43)53-46-27-15-29-48(50(46)52-51(53)49(44)47)55(57,39-21-8-3-9-22-39)40-32-33-42-36(34-40)31-30-35-16-10-11-23-41(35)42/h1-34H. The van der Waals surface area contributed by atoms with E-state index in [-0.39, 0.29) is 0 Å². The minimum atomic E-state index is -2.35. The molecule has 9 aromatic carbocycles. The third-order valence-electron chi connectivity index (χ3n) is 11.5. The predicted molar refractivity (Wildman–Crippen MR) is 252 cm³/mol. The molecule has 0 amide bonds. The molecule has 11 aromatic rings. The fourth-order valence-corrected chi connectivity index (χ4v) is 19.5. The SMILES string of the molecule is [Se]=P(c1ccccc1)(c1ccc2c(ccc3ccccc32)c1)c1cccc2c1nc1c3c(P(=[Se])(c4ccccc4)c4ccccc4)cccc3c3ccccc3n21. The first-order valence-corrected chi connectivity index (χ1v) is 27.1.